The summed E-state index contributed by atoms with van der Waals surface area (Å²) in [5, 5.41) is 3.79. The molecule has 0 radical (unpaired) electrons. The Balaban J connectivity index is 1.50. The van der Waals surface area contributed by atoms with Crippen LogP contribution in [0.2, 0.25) is 0 Å². The first-order valence-electron chi connectivity index (χ1n) is 9.06. The molecule has 0 aromatic heterocycles. The van der Waals surface area contributed by atoms with Crippen molar-refractivity contribution >= 4 is 0 Å². The molecule has 20 heavy (non-hydrogen) atoms. The van der Waals surface area contributed by atoms with Crippen LogP contribution < -0.4 is 5.32 Å². The molecular weight excluding hydrogens is 244 g/mol. The lowest BCUT2D eigenvalue weighted by Crippen LogP contribution is -2.54. The van der Waals surface area contributed by atoms with Crippen LogP contribution in [0.5, 0.6) is 0 Å². The number of hydrogen-bond acceptors (Lipinski definition) is 2. The van der Waals surface area contributed by atoms with E-state index in [-0.39, 0.29) is 0 Å². The van der Waals surface area contributed by atoms with Gasteiger partial charge >= 0.3 is 0 Å². The van der Waals surface area contributed by atoms with E-state index in [1.807, 2.05) is 0 Å². The highest BCUT2D eigenvalue weighted by atomic mass is 15.2. The molecule has 116 valence electrons. The third kappa shape index (κ3) is 3.22. The average molecular weight is 278 g/mol. The van der Waals surface area contributed by atoms with E-state index in [2.05, 4.69) is 24.1 Å². The molecule has 0 amide bonds. The molecule has 1 saturated carbocycles. The summed E-state index contributed by atoms with van der Waals surface area (Å²) in [6, 6.07) is 0.705. The summed E-state index contributed by atoms with van der Waals surface area (Å²) in [6.07, 6.45) is 13.2. The first kappa shape index (κ1) is 14.8. The van der Waals surface area contributed by atoms with Gasteiger partial charge in [-0.1, -0.05) is 33.1 Å². The quantitative estimate of drug-likeness (QED) is 0.826. The fourth-order valence-electron chi connectivity index (χ4n) is 4.85. The first-order valence-corrected chi connectivity index (χ1v) is 9.06. The zero-order chi connectivity index (χ0) is 14.1. The van der Waals surface area contributed by atoms with Gasteiger partial charge in [-0.2, -0.15) is 0 Å². The molecule has 2 heterocycles. The van der Waals surface area contributed by atoms with Gasteiger partial charge in [0.2, 0.25) is 0 Å². The Kier molecular flexibility index (Phi) is 4.42. The van der Waals surface area contributed by atoms with Crippen LogP contribution in [0.25, 0.3) is 0 Å². The van der Waals surface area contributed by atoms with Gasteiger partial charge in [0, 0.05) is 12.6 Å². The smallest absolute Gasteiger partial charge is 0.0246 e. The molecule has 2 nitrogen and oxygen atoms in total. The van der Waals surface area contributed by atoms with Gasteiger partial charge in [0.15, 0.2) is 0 Å². The Morgan fingerprint density at radius 2 is 1.60 bits per heavy atom. The third-order valence-corrected chi connectivity index (χ3v) is 6.60. The standard InChI is InChI=1S/C18H34N2/c1-17(2)7-6-12-19-16(17)15-20-13-10-18(11-14-20)8-4-3-5-9-18/h16,19H,3-15H2,1-2H3. The van der Waals surface area contributed by atoms with Crippen molar-refractivity contribution in [2.24, 2.45) is 10.8 Å². The van der Waals surface area contributed by atoms with Crippen LogP contribution in [0.4, 0.5) is 0 Å². The Hall–Kier alpha value is -0.0800. The van der Waals surface area contributed by atoms with Crippen molar-refractivity contribution in [3.63, 3.8) is 0 Å². The maximum atomic E-state index is 3.79. The molecule has 1 spiro atoms. The summed E-state index contributed by atoms with van der Waals surface area (Å²) >= 11 is 0. The molecule has 3 fully saturated rings. The van der Waals surface area contributed by atoms with E-state index >= 15 is 0 Å². The van der Waals surface area contributed by atoms with Crippen molar-refractivity contribution in [2.45, 2.75) is 77.7 Å². The van der Waals surface area contributed by atoms with Gasteiger partial charge in [-0.15, -0.1) is 0 Å². The molecule has 3 aliphatic rings. The predicted molar refractivity (Wildman–Crippen MR) is 86.0 cm³/mol. The highest BCUT2D eigenvalue weighted by Gasteiger charge is 2.38. The number of nitrogens with one attached hydrogen (secondary N) is 1. The summed E-state index contributed by atoms with van der Waals surface area (Å²) in [7, 11) is 0. The van der Waals surface area contributed by atoms with Crippen LogP contribution in [0, 0.1) is 10.8 Å². The van der Waals surface area contributed by atoms with E-state index in [4.69, 9.17) is 0 Å². The lowest BCUT2D eigenvalue weighted by atomic mass is 9.68. The molecule has 2 aliphatic heterocycles. The van der Waals surface area contributed by atoms with Crippen molar-refractivity contribution in [1.29, 1.82) is 0 Å². The van der Waals surface area contributed by atoms with E-state index in [0.717, 1.165) is 5.41 Å². The SMILES string of the molecule is CC1(C)CCCNC1CN1CCC2(CCCCC2)CC1. The van der Waals surface area contributed by atoms with Gasteiger partial charge in [0.05, 0.1) is 0 Å². The second-order valence-corrected chi connectivity index (χ2v) is 8.46. The van der Waals surface area contributed by atoms with Gasteiger partial charge in [0.1, 0.15) is 0 Å². The summed E-state index contributed by atoms with van der Waals surface area (Å²) in [5.74, 6) is 0. The third-order valence-electron chi connectivity index (χ3n) is 6.60. The Bertz CT molecular complexity index is 307. The van der Waals surface area contributed by atoms with Gasteiger partial charge in [-0.05, 0) is 69.0 Å². The normalized spacial score (nSPS) is 34.2. The summed E-state index contributed by atoms with van der Waals surface area (Å²) in [4.78, 5) is 2.75. The Labute approximate surface area is 125 Å². The average Bonchev–Trinajstić information content (AvgIpc) is 2.45. The Morgan fingerprint density at radius 3 is 2.25 bits per heavy atom. The van der Waals surface area contributed by atoms with E-state index in [0.29, 0.717) is 11.5 Å². The van der Waals surface area contributed by atoms with Crippen molar-refractivity contribution in [1.82, 2.24) is 10.2 Å². The van der Waals surface area contributed by atoms with Crippen LogP contribution in [0.15, 0.2) is 0 Å². The zero-order valence-corrected chi connectivity index (χ0v) is 13.7. The number of likely N-dealkylation sites (tertiary alicyclic amines) is 1. The predicted octanol–water partition coefficient (Wildman–Crippen LogP) is 3.81. The minimum absolute atomic E-state index is 0.484. The molecule has 1 atom stereocenters. The van der Waals surface area contributed by atoms with E-state index in [1.54, 1.807) is 0 Å². The number of rotatable bonds is 2. The molecule has 1 N–H and O–H groups in total. The molecular formula is C18H34N2. The molecule has 0 aromatic carbocycles. The summed E-state index contributed by atoms with van der Waals surface area (Å²) in [5.41, 5.74) is 1.24. The lowest BCUT2D eigenvalue weighted by molar-refractivity contribution is 0.0459. The molecule has 1 aliphatic carbocycles. The van der Waals surface area contributed by atoms with Crippen LogP contribution in [0.3, 0.4) is 0 Å². The molecule has 3 rings (SSSR count). The van der Waals surface area contributed by atoms with Gasteiger partial charge in [-0.25, -0.2) is 0 Å². The molecule has 0 bridgehead atoms. The second-order valence-electron chi connectivity index (χ2n) is 8.46. The van der Waals surface area contributed by atoms with E-state index in [1.165, 1.54) is 84.0 Å². The minimum atomic E-state index is 0.484. The van der Waals surface area contributed by atoms with Gasteiger partial charge in [0.25, 0.3) is 0 Å². The number of piperidine rings is 2. The fourth-order valence-corrected chi connectivity index (χ4v) is 4.85. The maximum absolute atomic E-state index is 3.79. The highest BCUT2D eigenvalue weighted by Crippen LogP contribution is 2.44. The molecule has 1 unspecified atom stereocenters. The largest absolute Gasteiger partial charge is 0.312 e. The minimum Gasteiger partial charge on any atom is -0.312 e. The van der Waals surface area contributed by atoms with Crippen LogP contribution in [-0.2, 0) is 0 Å². The number of nitrogens with zero attached hydrogens (tertiary/aromatic N) is 1. The molecule has 2 heteroatoms. The maximum Gasteiger partial charge on any atom is 0.0246 e. The van der Waals surface area contributed by atoms with Crippen LogP contribution in [0.1, 0.15) is 71.6 Å². The zero-order valence-electron chi connectivity index (χ0n) is 13.7. The first-order chi connectivity index (χ1) is 9.60. The van der Waals surface area contributed by atoms with Crippen LogP contribution >= 0.6 is 0 Å². The molecule has 2 saturated heterocycles. The second kappa shape index (κ2) is 5.96. The van der Waals surface area contributed by atoms with Crippen molar-refractivity contribution in [2.75, 3.05) is 26.2 Å². The molecule has 0 aromatic rings. The van der Waals surface area contributed by atoms with Gasteiger partial charge < -0.3 is 10.2 Å². The number of hydrogen-bond donors (Lipinski definition) is 1. The Morgan fingerprint density at radius 1 is 0.900 bits per heavy atom. The van der Waals surface area contributed by atoms with Crippen LogP contribution in [-0.4, -0.2) is 37.1 Å². The van der Waals surface area contributed by atoms with Crippen molar-refractivity contribution in [3.8, 4) is 0 Å². The monoisotopic (exact) mass is 278 g/mol. The summed E-state index contributed by atoms with van der Waals surface area (Å²) in [6.45, 7) is 10.1. The summed E-state index contributed by atoms with van der Waals surface area (Å²) < 4.78 is 0. The van der Waals surface area contributed by atoms with E-state index in [9.17, 15) is 0 Å². The van der Waals surface area contributed by atoms with Gasteiger partial charge in [-0.3, -0.25) is 0 Å². The fraction of sp³-hybridized carbons (Fsp3) is 1.00. The topological polar surface area (TPSA) is 15.3 Å². The highest BCUT2D eigenvalue weighted by molar-refractivity contribution is 4.93. The van der Waals surface area contributed by atoms with Crippen molar-refractivity contribution < 1.29 is 0 Å². The lowest BCUT2D eigenvalue weighted by Gasteiger charge is -2.47. The van der Waals surface area contributed by atoms with Crippen molar-refractivity contribution in [3.05, 3.63) is 0 Å². The van der Waals surface area contributed by atoms with E-state index < -0.39 is 0 Å².